The number of aryl methyl sites for hydroxylation is 2. The number of nitrogens with zero attached hydrogens (tertiary/aromatic N) is 2. The summed E-state index contributed by atoms with van der Waals surface area (Å²) in [6, 6.07) is 10.4. The van der Waals surface area contributed by atoms with Crippen LogP contribution < -0.4 is 10.1 Å². The lowest BCUT2D eigenvalue weighted by Gasteiger charge is -2.16. The summed E-state index contributed by atoms with van der Waals surface area (Å²) in [6.07, 6.45) is 3.12. The molecule has 3 rings (SSSR count). The number of ether oxygens (including phenoxy) is 1. The SMILES string of the molecule is CCN1CCC(CNCc2cc(C)c(OCc3ccccn3)c(C)c2)C1. The molecule has 2 heterocycles. The molecule has 1 saturated heterocycles. The van der Waals surface area contributed by atoms with Crippen LogP contribution in [0.5, 0.6) is 5.75 Å². The van der Waals surface area contributed by atoms with Crippen molar-refractivity contribution in [2.45, 2.75) is 40.3 Å². The molecule has 1 aromatic heterocycles. The number of hydrogen-bond acceptors (Lipinski definition) is 4. The van der Waals surface area contributed by atoms with Gasteiger partial charge >= 0.3 is 0 Å². The summed E-state index contributed by atoms with van der Waals surface area (Å²) in [4.78, 5) is 6.86. The topological polar surface area (TPSA) is 37.4 Å². The van der Waals surface area contributed by atoms with E-state index in [0.29, 0.717) is 6.61 Å². The van der Waals surface area contributed by atoms with E-state index in [1.54, 1.807) is 6.20 Å². The molecule has 1 aliphatic heterocycles. The highest BCUT2D eigenvalue weighted by molar-refractivity contribution is 5.43. The lowest BCUT2D eigenvalue weighted by Crippen LogP contribution is -2.26. The third-order valence-electron chi connectivity index (χ3n) is 5.19. The Morgan fingerprint density at radius 1 is 1.23 bits per heavy atom. The van der Waals surface area contributed by atoms with Gasteiger partial charge in [-0.3, -0.25) is 4.98 Å². The first kappa shape index (κ1) is 18.9. The Kier molecular flexibility index (Phi) is 6.64. The van der Waals surface area contributed by atoms with Crippen LogP contribution in [0, 0.1) is 19.8 Å². The molecule has 1 aliphatic rings. The van der Waals surface area contributed by atoms with E-state index in [0.717, 1.165) is 30.5 Å². The maximum Gasteiger partial charge on any atom is 0.130 e. The first-order valence-electron chi connectivity index (χ1n) is 9.71. The quantitative estimate of drug-likeness (QED) is 0.785. The first-order chi connectivity index (χ1) is 12.7. The van der Waals surface area contributed by atoms with Crippen LogP contribution in [-0.4, -0.2) is 36.1 Å². The summed E-state index contributed by atoms with van der Waals surface area (Å²) < 4.78 is 6.03. The van der Waals surface area contributed by atoms with Crippen molar-refractivity contribution in [2.24, 2.45) is 5.92 Å². The van der Waals surface area contributed by atoms with Crippen molar-refractivity contribution in [1.82, 2.24) is 15.2 Å². The normalized spacial score (nSPS) is 17.6. The fourth-order valence-corrected chi connectivity index (χ4v) is 3.79. The minimum atomic E-state index is 0.510. The number of benzene rings is 1. The molecule has 0 bridgehead atoms. The Hall–Kier alpha value is -1.91. The summed E-state index contributed by atoms with van der Waals surface area (Å²) in [5, 5.41) is 3.64. The highest BCUT2D eigenvalue weighted by Gasteiger charge is 2.20. The Balaban J connectivity index is 1.52. The van der Waals surface area contributed by atoms with E-state index in [1.165, 1.54) is 42.7 Å². The number of rotatable bonds is 8. The maximum absolute atomic E-state index is 6.03. The van der Waals surface area contributed by atoms with Crippen molar-refractivity contribution in [2.75, 3.05) is 26.2 Å². The molecule has 0 aliphatic carbocycles. The fourth-order valence-electron chi connectivity index (χ4n) is 3.79. The molecule has 140 valence electrons. The fraction of sp³-hybridized carbons (Fsp3) is 0.500. The Bertz CT molecular complexity index is 679. The second kappa shape index (κ2) is 9.15. The molecule has 1 N–H and O–H groups in total. The van der Waals surface area contributed by atoms with Gasteiger partial charge in [0.15, 0.2) is 0 Å². The van der Waals surface area contributed by atoms with Gasteiger partial charge in [-0.15, -0.1) is 0 Å². The first-order valence-corrected chi connectivity index (χ1v) is 9.71. The predicted octanol–water partition coefficient (Wildman–Crippen LogP) is 3.71. The summed E-state index contributed by atoms with van der Waals surface area (Å²) in [5.74, 6) is 1.77. The number of likely N-dealkylation sites (tertiary alicyclic amines) is 1. The van der Waals surface area contributed by atoms with Crippen LogP contribution in [0.2, 0.25) is 0 Å². The van der Waals surface area contributed by atoms with Crippen LogP contribution in [0.3, 0.4) is 0 Å². The molecule has 2 aromatic rings. The standard InChI is InChI=1S/C22H31N3O/c1-4-25-10-8-19(15-25)13-23-14-20-11-17(2)22(18(3)12-20)26-16-21-7-5-6-9-24-21/h5-7,9,11-12,19,23H,4,8,10,13-16H2,1-3H3. The van der Waals surface area contributed by atoms with Crippen molar-refractivity contribution >= 4 is 0 Å². The summed E-state index contributed by atoms with van der Waals surface area (Å²) in [6.45, 7) is 12.7. The summed E-state index contributed by atoms with van der Waals surface area (Å²) in [5.41, 5.74) is 4.66. The number of nitrogens with one attached hydrogen (secondary N) is 1. The van der Waals surface area contributed by atoms with Crippen molar-refractivity contribution in [3.8, 4) is 5.75 Å². The molecule has 0 saturated carbocycles. The Labute approximate surface area is 157 Å². The van der Waals surface area contributed by atoms with Gasteiger partial charge in [0.25, 0.3) is 0 Å². The molecule has 4 heteroatoms. The van der Waals surface area contributed by atoms with Crippen LogP contribution >= 0.6 is 0 Å². The van der Waals surface area contributed by atoms with E-state index in [-0.39, 0.29) is 0 Å². The second-order valence-corrected chi connectivity index (χ2v) is 7.35. The highest BCUT2D eigenvalue weighted by Crippen LogP contribution is 2.25. The molecule has 0 radical (unpaired) electrons. The van der Waals surface area contributed by atoms with Gasteiger partial charge in [-0.1, -0.05) is 25.1 Å². The zero-order valence-electron chi connectivity index (χ0n) is 16.3. The number of aromatic nitrogens is 1. The van der Waals surface area contributed by atoms with E-state index in [4.69, 9.17) is 4.74 Å². The largest absolute Gasteiger partial charge is 0.487 e. The van der Waals surface area contributed by atoms with E-state index in [9.17, 15) is 0 Å². The number of pyridine rings is 1. The second-order valence-electron chi connectivity index (χ2n) is 7.35. The Morgan fingerprint density at radius 2 is 2.04 bits per heavy atom. The molecular formula is C22H31N3O. The van der Waals surface area contributed by atoms with Crippen LogP contribution in [-0.2, 0) is 13.2 Å². The van der Waals surface area contributed by atoms with E-state index in [2.05, 4.69) is 48.1 Å². The van der Waals surface area contributed by atoms with Crippen LogP contribution in [0.25, 0.3) is 0 Å². The number of hydrogen-bond donors (Lipinski definition) is 1. The monoisotopic (exact) mass is 353 g/mol. The van der Waals surface area contributed by atoms with Crippen molar-refractivity contribution in [1.29, 1.82) is 0 Å². The van der Waals surface area contributed by atoms with Gasteiger partial charge in [-0.25, -0.2) is 0 Å². The predicted molar refractivity (Wildman–Crippen MR) is 106 cm³/mol. The van der Waals surface area contributed by atoms with Crippen LogP contribution in [0.15, 0.2) is 36.5 Å². The van der Waals surface area contributed by atoms with Gasteiger partial charge in [0.1, 0.15) is 12.4 Å². The minimum Gasteiger partial charge on any atom is -0.487 e. The van der Waals surface area contributed by atoms with Crippen molar-refractivity contribution in [3.63, 3.8) is 0 Å². The molecule has 26 heavy (non-hydrogen) atoms. The smallest absolute Gasteiger partial charge is 0.130 e. The highest BCUT2D eigenvalue weighted by atomic mass is 16.5. The van der Waals surface area contributed by atoms with E-state index < -0.39 is 0 Å². The molecule has 1 aromatic carbocycles. The molecule has 4 nitrogen and oxygen atoms in total. The zero-order chi connectivity index (χ0) is 18.4. The summed E-state index contributed by atoms with van der Waals surface area (Å²) >= 11 is 0. The maximum atomic E-state index is 6.03. The average molecular weight is 354 g/mol. The van der Waals surface area contributed by atoms with Crippen molar-refractivity contribution in [3.05, 3.63) is 58.9 Å². The lowest BCUT2D eigenvalue weighted by atomic mass is 10.0. The van der Waals surface area contributed by atoms with Gasteiger partial charge in [-0.2, -0.15) is 0 Å². The molecule has 0 spiro atoms. The van der Waals surface area contributed by atoms with Gasteiger partial charge in [0.2, 0.25) is 0 Å². The molecule has 1 unspecified atom stereocenters. The molecule has 0 amide bonds. The van der Waals surface area contributed by atoms with Crippen LogP contribution in [0.4, 0.5) is 0 Å². The lowest BCUT2D eigenvalue weighted by molar-refractivity contribution is 0.297. The van der Waals surface area contributed by atoms with Gasteiger partial charge in [0, 0.05) is 19.3 Å². The summed E-state index contributed by atoms with van der Waals surface area (Å²) in [7, 11) is 0. The third-order valence-corrected chi connectivity index (χ3v) is 5.19. The van der Waals surface area contributed by atoms with E-state index in [1.807, 2.05) is 18.2 Å². The van der Waals surface area contributed by atoms with Crippen LogP contribution in [0.1, 0.15) is 35.7 Å². The van der Waals surface area contributed by atoms with E-state index >= 15 is 0 Å². The van der Waals surface area contributed by atoms with Crippen molar-refractivity contribution < 1.29 is 4.74 Å². The molecule has 1 fully saturated rings. The minimum absolute atomic E-state index is 0.510. The average Bonchev–Trinajstić information content (AvgIpc) is 3.10. The zero-order valence-corrected chi connectivity index (χ0v) is 16.3. The Morgan fingerprint density at radius 3 is 2.69 bits per heavy atom. The molecular weight excluding hydrogens is 322 g/mol. The molecule has 1 atom stereocenters. The third kappa shape index (κ3) is 5.05. The van der Waals surface area contributed by atoms with Gasteiger partial charge < -0.3 is 15.0 Å². The van der Waals surface area contributed by atoms with Gasteiger partial charge in [0.05, 0.1) is 5.69 Å². The van der Waals surface area contributed by atoms with Gasteiger partial charge in [-0.05, 0) is 74.6 Å².